The van der Waals surface area contributed by atoms with Crippen LogP contribution in [0, 0.1) is 0 Å². The first-order chi connectivity index (χ1) is 8.20. The Labute approximate surface area is 105 Å². The average Bonchev–Trinajstić information content (AvgIpc) is 2.38. The predicted octanol–water partition coefficient (Wildman–Crippen LogP) is 3.43. The molecule has 0 aliphatic rings. The third kappa shape index (κ3) is 2.78. The highest BCUT2D eigenvalue weighted by Gasteiger charge is 2.11. The van der Waals surface area contributed by atoms with E-state index in [2.05, 4.69) is 0 Å². The molecule has 2 aromatic carbocycles. The monoisotopic (exact) mass is 248 g/mol. The van der Waals surface area contributed by atoms with Gasteiger partial charge in [0.15, 0.2) is 0 Å². The van der Waals surface area contributed by atoms with Gasteiger partial charge in [0.1, 0.15) is 11.9 Å². The summed E-state index contributed by atoms with van der Waals surface area (Å²) in [6.45, 7) is 0. The summed E-state index contributed by atoms with van der Waals surface area (Å²) in [5.41, 5.74) is 1.55. The summed E-state index contributed by atoms with van der Waals surface area (Å²) >= 11 is 5.90. The van der Waals surface area contributed by atoms with Crippen molar-refractivity contribution in [2.24, 2.45) is 0 Å². The molecule has 0 amide bonds. The van der Waals surface area contributed by atoms with Gasteiger partial charge >= 0.3 is 0 Å². The van der Waals surface area contributed by atoms with Crippen molar-refractivity contribution in [1.82, 2.24) is 0 Å². The maximum absolute atomic E-state index is 10.2. The standard InChI is InChI=1S/C14H13ClO2/c1-17-13-7-3-5-11(9-13)14(16)10-4-2-6-12(15)8-10/h2-9,14,16H,1H3. The maximum Gasteiger partial charge on any atom is 0.119 e. The first-order valence-corrected chi connectivity index (χ1v) is 5.66. The Morgan fingerprint density at radius 1 is 1.06 bits per heavy atom. The Morgan fingerprint density at radius 3 is 2.35 bits per heavy atom. The molecule has 1 unspecified atom stereocenters. The molecule has 1 atom stereocenters. The van der Waals surface area contributed by atoms with E-state index in [4.69, 9.17) is 16.3 Å². The van der Waals surface area contributed by atoms with E-state index in [0.29, 0.717) is 5.02 Å². The Morgan fingerprint density at radius 2 is 1.71 bits per heavy atom. The molecular formula is C14H13ClO2. The molecule has 0 aliphatic carbocycles. The Balaban J connectivity index is 2.33. The second kappa shape index (κ2) is 5.21. The van der Waals surface area contributed by atoms with E-state index >= 15 is 0 Å². The van der Waals surface area contributed by atoms with Crippen LogP contribution in [-0.2, 0) is 0 Å². The lowest BCUT2D eigenvalue weighted by atomic mass is 10.0. The van der Waals surface area contributed by atoms with Crippen molar-refractivity contribution in [2.45, 2.75) is 6.10 Å². The number of halogens is 1. The molecule has 0 aliphatic heterocycles. The van der Waals surface area contributed by atoms with Gasteiger partial charge in [0.2, 0.25) is 0 Å². The quantitative estimate of drug-likeness (QED) is 0.902. The van der Waals surface area contributed by atoms with Crippen LogP contribution in [0.4, 0.5) is 0 Å². The topological polar surface area (TPSA) is 29.5 Å². The van der Waals surface area contributed by atoms with Crippen molar-refractivity contribution < 1.29 is 9.84 Å². The summed E-state index contributed by atoms with van der Waals surface area (Å²) < 4.78 is 5.13. The van der Waals surface area contributed by atoms with Gasteiger partial charge in [0.25, 0.3) is 0 Å². The molecule has 0 bridgehead atoms. The van der Waals surface area contributed by atoms with Gasteiger partial charge in [0, 0.05) is 5.02 Å². The second-order valence-electron chi connectivity index (χ2n) is 3.73. The van der Waals surface area contributed by atoms with Gasteiger partial charge in [-0.25, -0.2) is 0 Å². The van der Waals surface area contributed by atoms with E-state index in [1.165, 1.54) is 0 Å². The fraction of sp³-hybridized carbons (Fsp3) is 0.143. The van der Waals surface area contributed by atoms with E-state index in [1.54, 1.807) is 19.2 Å². The summed E-state index contributed by atoms with van der Waals surface area (Å²) in [7, 11) is 1.60. The van der Waals surface area contributed by atoms with Crippen LogP contribution in [0.3, 0.4) is 0 Å². The summed E-state index contributed by atoms with van der Waals surface area (Å²) in [5, 5.41) is 10.8. The van der Waals surface area contributed by atoms with Gasteiger partial charge in [-0.05, 0) is 35.4 Å². The number of rotatable bonds is 3. The molecule has 0 saturated carbocycles. The zero-order valence-electron chi connectivity index (χ0n) is 9.43. The van der Waals surface area contributed by atoms with Gasteiger partial charge in [-0.2, -0.15) is 0 Å². The van der Waals surface area contributed by atoms with Crippen LogP contribution in [0.1, 0.15) is 17.2 Å². The number of aliphatic hydroxyl groups is 1. The molecule has 88 valence electrons. The maximum atomic E-state index is 10.2. The minimum Gasteiger partial charge on any atom is -0.497 e. The summed E-state index contributed by atoms with van der Waals surface area (Å²) in [4.78, 5) is 0. The molecule has 0 fully saturated rings. The molecule has 1 N–H and O–H groups in total. The number of aliphatic hydroxyl groups excluding tert-OH is 1. The summed E-state index contributed by atoms with van der Waals surface area (Å²) in [5.74, 6) is 0.726. The van der Waals surface area contributed by atoms with E-state index in [0.717, 1.165) is 16.9 Å². The van der Waals surface area contributed by atoms with Crippen molar-refractivity contribution in [3.8, 4) is 5.75 Å². The Kier molecular flexibility index (Phi) is 3.67. The third-order valence-corrected chi connectivity index (χ3v) is 2.81. The van der Waals surface area contributed by atoms with E-state index in [9.17, 15) is 5.11 Å². The first-order valence-electron chi connectivity index (χ1n) is 5.28. The highest BCUT2D eigenvalue weighted by Crippen LogP contribution is 2.26. The lowest BCUT2D eigenvalue weighted by Crippen LogP contribution is -1.99. The molecule has 2 aromatic rings. The van der Waals surface area contributed by atoms with Crippen molar-refractivity contribution in [3.05, 3.63) is 64.7 Å². The van der Waals surface area contributed by atoms with Gasteiger partial charge in [-0.15, -0.1) is 0 Å². The van der Waals surface area contributed by atoms with Crippen LogP contribution in [0.2, 0.25) is 5.02 Å². The van der Waals surface area contributed by atoms with Crippen molar-refractivity contribution in [1.29, 1.82) is 0 Å². The number of hydrogen-bond acceptors (Lipinski definition) is 2. The van der Waals surface area contributed by atoms with Crippen molar-refractivity contribution in [3.63, 3.8) is 0 Å². The minimum atomic E-state index is -0.691. The van der Waals surface area contributed by atoms with Crippen LogP contribution in [0.15, 0.2) is 48.5 Å². The molecule has 0 aromatic heterocycles. The number of hydrogen-bond donors (Lipinski definition) is 1. The number of ether oxygens (including phenoxy) is 1. The summed E-state index contributed by atoms with van der Waals surface area (Å²) in [6, 6.07) is 14.6. The molecule has 3 heteroatoms. The third-order valence-electron chi connectivity index (χ3n) is 2.57. The second-order valence-corrected chi connectivity index (χ2v) is 4.17. The van der Waals surface area contributed by atoms with E-state index in [-0.39, 0.29) is 0 Å². The van der Waals surface area contributed by atoms with E-state index < -0.39 is 6.10 Å². The largest absolute Gasteiger partial charge is 0.497 e. The van der Waals surface area contributed by atoms with Crippen LogP contribution >= 0.6 is 11.6 Å². The predicted molar refractivity (Wildman–Crippen MR) is 68.5 cm³/mol. The minimum absolute atomic E-state index is 0.615. The number of benzene rings is 2. The molecule has 17 heavy (non-hydrogen) atoms. The molecule has 2 rings (SSSR count). The van der Waals surface area contributed by atoms with Crippen molar-refractivity contribution >= 4 is 11.6 Å². The summed E-state index contributed by atoms with van der Waals surface area (Å²) in [6.07, 6.45) is -0.691. The fourth-order valence-electron chi connectivity index (χ4n) is 1.68. The molecule has 0 spiro atoms. The van der Waals surface area contributed by atoms with Crippen LogP contribution in [0.5, 0.6) is 5.75 Å². The molecule has 2 nitrogen and oxygen atoms in total. The van der Waals surface area contributed by atoms with Gasteiger partial charge in [0.05, 0.1) is 7.11 Å². The zero-order valence-corrected chi connectivity index (χ0v) is 10.2. The Bertz CT molecular complexity index is 511. The molecule has 0 radical (unpaired) electrons. The SMILES string of the molecule is COc1cccc(C(O)c2cccc(Cl)c2)c1. The molecule has 0 saturated heterocycles. The fourth-order valence-corrected chi connectivity index (χ4v) is 1.88. The first kappa shape index (κ1) is 12.0. The normalized spacial score (nSPS) is 12.2. The lowest BCUT2D eigenvalue weighted by Gasteiger charge is -2.12. The molecular weight excluding hydrogens is 236 g/mol. The van der Waals surface area contributed by atoms with Crippen molar-refractivity contribution in [2.75, 3.05) is 7.11 Å². The number of methoxy groups -OCH3 is 1. The van der Waals surface area contributed by atoms with Gasteiger partial charge < -0.3 is 9.84 Å². The highest BCUT2D eigenvalue weighted by molar-refractivity contribution is 6.30. The van der Waals surface area contributed by atoms with Gasteiger partial charge in [-0.3, -0.25) is 0 Å². The Hall–Kier alpha value is -1.51. The van der Waals surface area contributed by atoms with Crippen LogP contribution < -0.4 is 4.74 Å². The lowest BCUT2D eigenvalue weighted by molar-refractivity contribution is 0.220. The average molecular weight is 249 g/mol. The smallest absolute Gasteiger partial charge is 0.119 e. The molecule has 0 heterocycles. The highest BCUT2D eigenvalue weighted by atomic mass is 35.5. The van der Waals surface area contributed by atoms with Crippen LogP contribution in [-0.4, -0.2) is 12.2 Å². The van der Waals surface area contributed by atoms with Gasteiger partial charge in [-0.1, -0.05) is 35.9 Å². The zero-order chi connectivity index (χ0) is 12.3. The van der Waals surface area contributed by atoms with E-state index in [1.807, 2.05) is 36.4 Å². The van der Waals surface area contributed by atoms with Crippen LogP contribution in [0.25, 0.3) is 0 Å².